The van der Waals surface area contributed by atoms with Crippen LogP contribution in [0.15, 0.2) is 328 Å². The standard InChI is InChI=1S/C80H54N4Si2/c1-6-23-56(24-7-1)71-53-73(58-45-48-65(49-46-58)85(63-30-12-4-13-31-63)75-38-19-16-35-67(75)68-36-17-20-39-76(68)85)83-80(82-71)60-43-41-55(42-44-60)61-29-22-34-66(51-61)86(64-32-14-5-15-33-64)77-40-21-18-37-69(77)70-52-62(47-50-78(70)86)74-54-72(57-25-8-2-9-26-57)81-79(84-74)59-27-10-3-11-28-59/h1-54H. The van der Waals surface area contributed by atoms with Gasteiger partial charge in [0.25, 0.3) is 0 Å². The minimum absolute atomic E-state index is 0.683. The van der Waals surface area contributed by atoms with E-state index in [1.54, 1.807) is 0 Å². The summed E-state index contributed by atoms with van der Waals surface area (Å²) in [4.78, 5) is 21.1. The molecule has 1 unspecified atom stereocenters. The highest BCUT2D eigenvalue weighted by Gasteiger charge is 2.50. The third kappa shape index (κ3) is 8.40. The summed E-state index contributed by atoms with van der Waals surface area (Å²) in [6.07, 6.45) is 0. The second-order valence-electron chi connectivity index (χ2n) is 22.4. The maximum absolute atomic E-state index is 5.39. The van der Waals surface area contributed by atoms with Crippen LogP contribution < -0.4 is 41.5 Å². The maximum Gasteiger partial charge on any atom is 0.180 e. The van der Waals surface area contributed by atoms with Crippen LogP contribution in [0.2, 0.25) is 0 Å². The Morgan fingerprint density at radius 2 is 0.488 bits per heavy atom. The minimum atomic E-state index is -2.90. The van der Waals surface area contributed by atoms with Crippen LogP contribution in [0.3, 0.4) is 0 Å². The number of benzene rings is 12. The SMILES string of the molecule is c1ccc(-c2cc(-c3ccc([Si]4(c5ccccc5)c5ccccc5-c5ccccc54)cc3)nc(-c3ccc(-c4cccc([Si]5(c6ccccc6)c6ccccc6-c6cc(-c7cc(-c8ccccc8)nc(-c8ccccc8)n7)ccc65)c4)cc3)n2)cc1. The van der Waals surface area contributed by atoms with Gasteiger partial charge >= 0.3 is 0 Å². The number of hydrogen-bond acceptors (Lipinski definition) is 4. The van der Waals surface area contributed by atoms with Crippen molar-refractivity contribution in [2.75, 3.05) is 0 Å². The lowest BCUT2D eigenvalue weighted by molar-refractivity contribution is 1.18. The molecule has 0 N–H and O–H groups in total. The van der Waals surface area contributed by atoms with Crippen molar-refractivity contribution in [1.82, 2.24) is 19.9 Å². The predicted molar refractivity (Wildman–Crippen MR) is 361 cm³/mol. The molecular weight excluding hydrogens is 1070 g/mol. The number of fused-ring (bicyclic) bond motifs is 6. The zero-order chi connectivity index (χ0) is 57.0. The lowest BCUT2D eigenvalue weighted by Gasteiger charge is -2.31. The highest BCUT2D eigenvalue weighted by atomic mass is 28.3. The number of hydrogen-bond donors (Lipinski definition) is 0. The zero-order valence-electron chi connectivity index (χ0n) is 47.0. The second kappa shape index (κ2) is 21.1. The highest BCUT2D eigenvalue weighted by molar-refractivity contribution is 7.23. The van der Waals surface area contributed by atoms with E-state index in [1.807, 2.05) is 24.3 Å². The molecule has 0 amide bonds. The highest BCUT2D eigenvalue weighted by Crippen LogP contribution is 2.36. The fourth-order valence-corrected chi connectivity index (χ4v) is 24.2. The molecule has 6 heteroatoms. The first-order chi connectivity index (χ1) is 42.6. The van der Waals surface area contributed by atoms with Gasteiger partial charge in [0.05, 0.1) is 22.8 Å². The summed E-state index contributed by atoms with van der Waals surface area (Å²) in [7, 11) is -5.54. The van der Waals surface area contributed by atoms with Crippen molar-refractivity contribution >= 4 is 57.6 Å². The third-order valence-electron chi connectivity index (χ3n) is 17.7. The van der Waals surface area contributed by atoms with Gasteiger partial charge in [-0.2, -0.15) is 0 Å². The van der Waals surface area contributed by atoms with Gasteiger partial charge in [0, 0.05) is 33.4 Å². The smallest absolute Gasteiger partial charge is 0.180 e. The molecule has 12 aromatic carbocycles. The van der Waals surface area contributed by atoms with Crippen LogP contribution in [-0.2, 0) is 0 Å². The van der Waals surface area contributed by atoms with Gasteiger partial charge in [0.1, 0.15) is 0 Å². The molecule has 1 atom stereocenters. The topological polar surface area (TPSA) is 51.6 Å². The fraction of sp³-hybridized carbons (Fsp3) is 0. The Labute approximate surface area is 503 Å². The average Bonchev–Trinajstić information content (AvgIpc) is 1.59. The molecule has 402 valence electrons. The summed E-state index contributed by atoms with van der Waals surface area (Å²) in [6, 6.07) is 120. The molecule has 16 rings (SSSR count). The van der Waals surface area contributed by atoms with E-state index < -0.39 is 16.1 Å². The molecule has 0 radical (unpaired) electrons. The quantitative estimate of drug-likeness (QED) is 0.121. The molecule has 14 aromatic rings. The first-order valence-electron chi connectivity index (χ1n) is 29.4. The van der Waals surface area contributed by atoms with E-state index in [4.69, 9.17) is 19.9 Å². The summed E-state index contributed by atoms with van der Waals surface area (Å²) in [5, 5.41) is 11.0. The van der Waals surface area contributed by atoms with Gasteiger partial charge in [0.2, 0.25) is 0 Å². The van der Waals surface area contributed by atoms with Crippen molar-refractivity contribution in [3.05, 3.63) is 328 Å². The van der Waals surface area contributed by atoms with E-state index in [2.05, 4.69) is 303 Å². The van der Waals surface area contributed by atoms with Crippen molar-refractivity contribution in [3.8, 4) is 101 Å². The van der Waals surface area contributed by atoms with Gasteiger partial charge in [-0.05, 0) is 93.1 Å². The van der Waals surface area contributed by atoms with Gasteiger partial charge < -0.3 is 0 Å². The van der Waals surface area contributed by atoms with Crippen molar-refractivity contribution in [2.45, 2.75) is 0 Å². The third-order valence-corrected chi connectivity index (χ3v) is 27.5. The Bertz CT molecular complexity index is 4740. The summed E-state index contributed by atoms with van der Waals surface area (Å²) < 4.78 is 0. The molecule has 0 saturated heterocycles. The largest absolute Gasteiger partial charge is 0.228 e. The van der Waals surface area contributed by atoms with Crippen molar-refractivity contribution in [1.29, 1.82) is 0 Å². The number of aromatic nitrogens is 4. The maximum atomic E-state index is 5.39. The van der Waals surface area contributed by atoms with Gasteiger partial charge in [0.15, 0.2) is 27.8 Å². The van der Waals surface area contributed by atoms with Crippen LogP contribution in [0.25, 0.3) is 101 Å². The van der Waals surface area contributed by atoms with Crippen molar-refractivity contribution in [3.63, 3.8) is 0 Å². The molecule has 4 heterocycles. The number of rotatable bonds is 11. The predicted octanol–water partition coefficient (Wildman–Crippen LogP) is 13.7. The molecule has 2 aliphatic heterocycles. The lowest BCUT2D eigenvalue weighted by Crippen LogP contribution is -2.72. The average molecular weight is 1130 g/mol. The van der Waals surface area contributed by atoms with E-state index in [-0.39, 0.29) is 0 Å². The van der Waals surface area contributed by atoms with Crippen LogP contribution in [0.5, 0.6) is 0 Å². The first-order valence-corrected chi connectivity index (χ1v) is 33.4. The summed E-state index contributed by atoms with van der Waals surface area (Å²) >= 11 is 0. The van der Waals surface area contributed by atoms with Gasteiger partial charge in [-0.1, -0.05) is 309 Å². The Morgan fingerprint density at radius 1 is 0.174 bits per heavy atom. The van der Waals surface area contributed by atoms with Crippen molar-refractivity contribution in [2.24, 2.45) is 0 Å². The summed E-state index contributed by atoms with van der Waals surface area (Å²) in [5.74, 6) is 1.39. The van der Waals surface area contributed by atoms with Crippen molar-refractivity contribution < 1.29 is 0 Å². The van der Waals surface area contributed by atoms with Gasteiger partial charge in [-0.25, -0.2) is 19.9 Å². The normalized spacial score (nSPS) is 14.2. The molecule has 0 fully saturated rings. The molecule has 86 heavy (non-hydrogen) atoms. The summed E-state index contributed by atoms with van der Waals surface area (Å²) in [5.41, 5.74) is 17.2. The monoisotopic (exact) mass is 1130 g/mol. The zero-order valence-corrected chi connectivity index (χ0v) is 49.0. The van der Waals surface area contributed by atoms with E-state index >= 15 is 0 Å². The van der Waals surface area contributed by atoms with E-state index in [1.165, 1.54) is 63.7 Å². The molecule has 4 nitrogen and oxygen atoms in total. The lowest BCUT2D eigenvalue weighted by atomic mass is 10.0. The fourth-order valence-electron chi connectivity index (χ4n) is 13.8. The molecule has 2 aromatic heterocycles. The molecule has 0 saturated carbocycles. The minimum Gasteiger partial charge on any atom is -0.228 e. The van der Waals surface area contributed by atoms with Crippen LogP contribution >= 0.6 is 0 Å². The van der Waals surface area contributed by atoms with Gasteiger partial charge in [-0.15, -0.1) is 0 Å². The molecular formula is C80H54N4Si2. The van der Waals surface area contributed by atoms with Crippen LogP contribution in [0, 0.1) is 0 Å². The Kier molecular flexibility index (Phi) is 12.5. The molecule has 0 aliphatic carbocycles. The molecule has 0 bridgehead atoms. The molecule has 2 aliphatic rings. The summed E-state index contributed by atoms with van der Waals surface area (Å²) in [6.45, 7) is 0. The Balaban J connectivity index is 0.777. The Morgan fingerprint density at radius 3 is 0.988 bits per heavy atom. The van der Waals surface area contributed by atoms with Crippen LogP contribution in [-0.4, -0.2) is 36.1 Å². The Hall–Kier alpha value is -10.8. The van der Waals surface area contributed by atoms with E-state index in [9.17, 15) is 0 Å². The second-order valence-corrected chi connectivity index (χ2v) is 29.9. The van der Waals surface area contributed by atoms with Crippen LogP contribution in [0.4, 0.5) is 0 Å². The molecule has 0 spiro atoms. The van der Waals surface area contributed by atoms with Crippen LogP contribution in [0.1, 0.15) is 0 Å². The first kappa shape index (κ1) is 50.9. The van der Waals surface area contributed by atoms with E-state index in [0.29, 0.717) is 11.6 Å². The van der Waals surface area contributed by atoms with Gasteiger partial charge in [-0.3, -0.25) is 0 Å². The van der Waals surface area contributed by atoms with E-state index in [0.717, 1.165) is 67.3 Å². The number of nitrogens with zero attached hydrogens (tertiary/aromatic N) is 4.